The molecule has 0 saturated heterocycles. The first-order valence-electron chi connectivity index (χ1n) is 6.35. The van der Waals surface area contributed by atoms with Gasteiger partial charge in [-0.3, -0.25) is 4.98 Å². The Morgan fingerprint density at radius 3 is 2.18 bits per heavy atom. The van der Waals surface area contributed by atoms with Crippen LogP contribution in [0.4, 0.5) is 5.69 Å². The minimum Gasteiger partial charge on any atom is -0.387 e. The highest BCUT2D eigenvalue weighted by Crippen LogP contribution is 2.19. The Bertz CT molecular complexity index is 436. The van der Waals surface area contributed by atoms with E-state index < -0.39 is 0 Å². The molecule has 1 aromatic carbocycles. The fourth-order valence-electron chi connectivity index (χ4n) is 1.47. The lowest BCUT2D eigenvalue weighted by Crippen LogP contribution is -1.94. The van der Waals surface area contributed by atoms with Crippen molar-refractivity contribution in [1.82, 2.24) is 4.98 Å². The molecule has 0 amide bonds. The highest BCUT2D eigenvalue weighted by atomic mass is 14.9. The van der Waals surface area contributed by atoms with Crippen LogP contribution in [0.1, 0.15) is 33.4 Å². The molecule has 2 nitrogen and oxygen atoms in total. The van der Waals surface area contributed by atoms with Gasteiger partial charge in [-0.15, -0.1) is 0 Å². The van der Waals surface area contributed by atoms with E-state index >= 15 is 0 Å². The van der Waals surface area contributed by atoms with Crippen LogP contribution in [-0.4, -0.2) is 12.0 Å². The maximum atomic E-state index is 4.48. The van der Waals surface area contributed by atoms with Crippen LogP contribution in [0.25, 0.3) is 10.9 Å². The molecule has 1 aromatic heterocycles. The van der Waals surface area contributed by atoms with Crippen LogP contribution in [0.2, 0.25) is 0 Å². The predicted octanol–water partition coefficient (Wildman–Crippen LogP) is 4.64. The van der Waals surface area contributed by atoms with Crippen molar-refractivity contribution in [2.45, 2.75) is 34.6 Å². The van der Waals surface area contributed by atoms with Gasteiger partial charge in [-0.25, -0.2) is 0 Å². The van der Waals surface area contributed by atoms with Gasteiger partial charge >= 0.3 is 0 Å². The zero-order valence-corrected chi connectivity index (χ0v) is 11.8. The van der Waals surface area contributed by atoms with Crippen LogP contribution >= 0.6 is 0 Å². The number of fused-ring (bicyclic) bond motifs is 1. The molecule has 0 radical (unpaired) electrons. The summed E-state index contributed by atoms with van der Waals surface area (Å²) in [5, 5.41) is 4.30. The third kappa shape index (κ3) is 4.06. The summed E-state index contributed by atoms with van der Waals surface area (Å²) < 4.78 is 0. The summed E-state index contributed by atoms with van der Waals surface area (Å²) in [4.78, 5) is 4.48. The molecule has 0 atom stereocenters. The fourth-order valence-corrected chi connectivity index (χ4v) is 1.47. The van der Waals surface area contributed by atoms with Crippen molar-refractivity contribution in [2.24, 2.45) is 0 Å². The highest BCUT2D eigenvalue weighted by Gasteiger charge is 1.99. The van der Waals surface area contributed by atoms with E-state index in [0.29, 0.717) is 0 Å². The van der Waals surface area contributed by atoms with Crippen molar-refractivity contribution >= 4 is 16.6 Å². The van der Waals surface area contributed by atoms with E-state index in [4.69, 9.17) is 0 Å². The number of nitrogens with one attached hydrogen (secondary N) is 1. The van der Waals surface area contributed by atoms with E-state index in [1.807, 2.05) is 59.9 Å². The van der Waals surface area contributed by atoms with Gasteiger partial charge in [0.15, 0.2) is 0 Å². The Morgan fingerprint density at radius 1 is 1.00 bits per heavy atom. The first-order valence-corrected chi connectivity index (χ1v) is 6.35. The average Bonchev–Trinajstić information content (AvgIpc) is 2.42. The fraction of sp³-hybridized carbons (Fsp3) is 0.400. The summed E-state index contributed by atoms with van der Waals surface area (Å²) in [5.41, 5.74) is 3.19. The molecular weight excluding hydrogens is 208 g/mol. The lowest BCUT2D eigenvalue weighted by molar-refractivity contribution is 1.24. The molecule has 0 spiro atoms. The summed E-state index contributed by atoms with van der Waals surface area (Å²) in [7, 11) is 1.92. The average molecular weight is 232 g/mol. The summed E-state index contributed by atoms with van der Waals surface area (Å²) in [6.07, 6.45) is 0. The Morgan fingerprint density at radius 2 is 1.59 bits per heavy atom. The maximum absolute atomic E-state index is 4.48. The molecule has 0 aliphatic heterocycles. The SMILES string of the molecule is CC.CC.CNc1cc2ccccc2nc1C. The van der Waals surface area contributed by atoms with Crippen molar-refractivity contribution in [2.75, 3.05) is 12.4 Å². The smallest absolute Gasteiger partial charge is 0.0706 e. The van der Waals surface area contributed by atoms with E-state index in [1.54, 1.807) is 0 Å². The van der Waals surface area contributed by atoms with Gasteiger partial charge in [0.1, 0.15) is 0 Å². The van der Waals surface area contributed by atoms with Crippen LogP contribution in [0.5, 0.6) is 0 Å². The molecule has 0 unspecified atom stereocenters. The van der Waals surface area contributed by atoms with Crippen LogP contribution in [0.15, 0.2) is 30.3 Å². The van der Waals surface area contributed by atoms with E-state index in [2.05, 4.69) is 22.4 Å². The summed E-state index contributed by atoms with van der Waals surface area (Å²) in [6, 6.07) is 10.3. The number of hydrogen-bond acceptors (Lipinski definition) is 2. The molecule has 2 heteroatoms. The van der Waals surface area contributed by atoms with Gasteiger partial charge in [0.25, 0.3) is 0 Å². The quantitative estimate of drug-likeness (QED) is 0.775. The van der Waals surface area contributed by atoms with Crippen LogP contribution in [-0.2, 0) is 0 Å². The van der Waals surface area contributed by atoms with Gasteiger partial charge in [-0.1, -0.05) is 45.9 Å². The second kappa shape index (κ2) is 8.57. The number of aromatic nitrogens is 1. The van der Waals surface area contributed by atoms with Crippen molar-refractivity contribution < 1.29 is 0 Å². The molecule has 0 bridgehead atoms. The van der Waals surface area contributed by atoms with Crippen molar-refractivity contribution in [1.29, 1.82) is 0 Å². The zero-order chi connectivity index (χ0) is 13.3. The number of aryl methyl sites for hydroxylation is 1. The van der Waals surface area contributed by atoms with E-state index in [-0.39, 0.29) is 0 Å². The molecule has 0 saturated carbocycles. The first-order chi connectivity index (χ1) is 8.31. The molecule has 0 aliphatic rings. The standard InChI is InChI=1S/C11H12N2.2C2H6/c1-8-11(12-2)7-9-5-3-4-6-10(9)13-8;2*1-2/h3-7,12H,1-2H3;2*1-2H3. The number of nitrogens with zero attached hydrogens (tertiary/aromatic N) is 1. The van der Waals surface area contributed by atoms with Gasteiger partial charge in [-0.05, 0) is 19.1 Å². The summed E-state index contributed by atoms with van der Waals surface area (Å²) in [6.45, 7) is 10.0. The number of para-hydroxylation sites is 1. The second-order valence-electron chi connectivity index (χ2n) is 3.06. The third-order valence-electron chi connectivity index (χ3n) is 2.18. The van der Waals surface area contributed by atoms with E-state index in [0.717, 1.165) is 16.9 Å². The van der Waals surface area contributed by atoms with Gasteiger partial charge in [0.2, 0.25) is 0 Å². The lowest BCUT2D eigenvalue weighted by atomic mass is 10.2. The molecule has 0 aliphatic carbocycles. The summed E-state index contributed by atoms with van der Waals surface area (Å²) >= 11 is 0. The maximum Gasteiger partial charge on any atom is 0.0706 e. The molecular formula is C15H24N2. The predicted molar refractivity (Wildman–Crippen MR) is 78.7 cm³/mol. The molecule has 1 N–H and O–H groups in total. The topological polar surface area (TPSA) is 24.9 Å². The number of rotatable bonds is 1. The number of pyridine rings is 1. The van der Waals surface area contributed by atoms with Crippen LogP contribution in [0.3, 0.4) is 0 Å². The largest absolute Gasteiger partial charge is 0.387 e. The van der Waals surface area contributed by atoms with E-state index in [1.165, 1.54) is 5.39 Å². The van der Waals surface area contributed by atoms with Gasteiger partial charge in [-0.2, -0.15) is 0 Å². The Kier molecular flexibility index (Phi) is 7.78. The lowest BCUT2D eigenvalue weighted by Gasteiger charge is -2.05. The molecule has 1 heterocycles. The normalized spacial score (nSPS) is 8.59. The zero-order valence-electron chi connectivity index (χ0n) is 11.8. The highest BCUT2D eigenvalue weighted by molar-refractivity contribution is 5.82. The van der Waals surface area contributed by atoms with E-state index in [9.17, 15) is 0 Å². The monoisotopic (exact) mass is 232 g/mol. The molecule has 94 valence electrons. The molecule has 17 heavy (non-hydrogen) atoms. The van der Waals surface area contributed by atoms with Gasteiger partial charge in [0.05, 0.1) is 16.9 Å². The first kappa shape index (κ1) is 15.4. The van der Waals surface area contributed by atoms with Crippen molar-refractivity contribution in [3.05, 3.63) is 36.0 Å². The number of benzene rings is 1. The summed E-state index contributed by atoms with van der Waals surface area (Å²) in [5.74, 6) is 0. The molecule has 2 rings (SSSR count). The van der Waals surface area contributed by atoms with Crippen molar-refractivity contribution in [3.63, 3.8) is 0 Å². The van der Waals surface area contributed by atoms with Crippen molar-refractivity contribution in [3.8, 4) is 0 Å². The van der Waals surface area contributed by atoms with Gasteiger partial charge < -0.3 is 5.32 Å². The Hall–Kier alpha value is -1.57. The Balaban J connectivity index is 0.000000581. The third-order valence-corrected chi connectivity index (χ3v) is 2.18. The number of hydrogen-bond donors (Lipinski definition) is 1. The Labute approximate surface area is 105 Å². The second-order valence-corrected chi connectivity index (χ2v) is 3.06. The molecule has 2 aromatic rings. The molecule has 0 fully saturated rings. The minimum absolute atomic E-state index is 1.04. The minimum atomic E-state index is 1.04. The van der Waals surface area contributed by atoms with Crippen LogP contribution in [0, 0.1) is 6.92 Å². The van der Waals surface area contributed by atoms with Gasteiger partial charge in [0, 0.05) is 12.4 Å². The number of anilines is 1. The van der Waals surface area contributed by atoms with Crippen LogP contribution < -0.4 is 5.32 Å².